The number of hydrogen-bond donors (Lipinski definition) is 4. The molecule has 0 spiro atoms. The van der Waals surface area contributed by atoms with Crippen LogP contribution in [0.25, 0.3) is 0 Å². The number of nitrogens with zero attached hydrogens (tertiary/aromatic N) is 2. The largest absolute Gasteiger partial charge is 0.348 e. The van der Waals surface area contributed by atoms with Gasteiger partial charge in [-0.15, -0.1) is 0 Å². The minimum atomic E-state index is -0.779. The van der Waals surface area contributed by atoms with Gasteiger partial charge in [0.15, 0.2) is 6.29 Å². The lowest BCUT2D eigenvalue weighted by Crippen LogP contribution is -2.52. The van der Waals surface area contributed by atoms with E-state index in [-0.39, 0.29) is 11.9 Å². The van der Waals surface area contributed by atoms with Crippen LogP contribution in [0, 0.1) is 6.92 Å². The lowest BCUT2D eigenvalue weighted by Gasteiger charge is -2.30. The fraction of sp³-hybridized carbons (Fsp3) is 0.538. The first-order valence-electron chi connectivity index (χ1n) is 7.11. The smallest absolute Gasteiger partial charge is 0.314 e. The average molecular weight is 308 g/mol. The number of nitrogens with one attached hydrogen (secondary N) is 4. The molecule has 1 fully saturated rings. The van der Waals surface area contributed by atoms with Crippen molar-refractivity contribution in [2.45, 2.75) is 39.5 Å². The molecule has 1 saturated heterocycles. The van der Waals surface area contributed by atoms with Crippen LogP contribution in [0.3, 0.4) is 0 Å². The molecule has 1 aliphatic heterocycles. The van der Waals surface area contributed by atoms with E-state index in [0.717, 1.165) is 0 Å². The molecule has 9 heteroatoms. The van der Waals surface area contributed by atoms with Crippen molar-refractivity contribution in [1.82, 2.24) is 25.7 Å². The zero-order chi connectivity index (χ0) is 16.3. The Morgan fingerprint density at radius 2 is 2.18 bits per heavy atom. The lowest BCUT2D eigenvalue weighted by molar-refractivity contribution is -0.136. The Kier molecular flexibility index (Phi) is 4.76. The highest BCUT2D eigenvalue weighted by molar-refractivity contribution is 6.39. The average Bonchev–Trinajstić information content (AvgIpc) is 2.78. The van der Waals surface area contributed by atoms with Crippen molar-refractivity contribution in [3.8, 4) is 0 Å². The Morgan fingerprint density at radius 1 is 1.45 bits per heavy atom. The molecule has 0 radical (unpaired) electrons. The molecular weight excluding hydrogens is 288 g/mol. The van der Waals surface area contributed by atoms with E-state index in [2.05, 4.69) is 26.4 Å². The third kappa shape index (κ3) is 3.61. The van der Waals surface area contributed by atoms with Gasteiger partial charge in [-0.1, -0.05) is 0 Å². The van der Waals surface area contributed by atoms with Crippen LogP contribution in [-0.4, -0.2) is 40.1 Å². The van der Waals surface area contributed by atoms with Gasteiger partial charge >= 0.3 is 11.8 Å². The van der Waals surface area contributed by atoms with Gasteiger partial charge in [0, 0.05) is 25.1 Å². The molecule has 1 aliphatic rings. The first-order chi connectivity index (χ1) is 10.4. The molecule has 0 aromatic carbocycles. The zero-order valence-electron chi connectivity index (χ0n) is 12.8. The molecule has 0 bridgehead atoms. The Labute approximate surface area is 127 Å². The zero-order valence-corrected chi connectivity index (χ0v) is 12.8. The summed E-state index contributed by atoms with van der Waals surface area (Å²) in [7, 11) is 0. The normalized spacial score (nSPS) is 21.1. The van der Waals surface area contributed by atoms with E-state index >= 15 is 0 Å². The molecule has 0 aliphatic carbocycles. The first kappa shape index (κ1) is 16.0. The number of hydrogen-bond acceptors (Lipinski definition) is 5. The van der Waals surface area contributed by atoms with Gasteiger partial charge in [-0.2, -0.15) is 5.10 Å². The van der Waals surface area contributed by atoms with Crippen LogP contribution < -0.4 is 21.3 Å². The third-order valence-electron chi connectivity index (χ3n) is 3.12. The predicted molar refractivity (Wildman–Crippen MR) is 78.7 cm³/mol. The van der Waals surface area contributed by atoms with Gasteiger partial charge in [0.1, 0.15) is 5.82 Å². The minimum absolute atomic E-state index is 0.0183. The number of amides is 3. The Balaban J connectivity index is 2.18. The number of aryl methyl sites for hydroxylation is 1. The van der Waals surface area contributed by atoms with Crippen LogP contribution in [0.5, 0.6) is 0 Å². The monoisotopic (exact) mass is 308 g/mol. The van der Waals surface area contributed by atoms with Crippen molar-refractivity contribution in [2.75, 3.05) is 11.9 Å². The van der Waals surface area contributed by atoms with Crippen molar-refractivity contribution in [3.63, 3.8) is 0 Å². The van der Waals surface area contributed by atoms with Gasteiger partial charge in [0.05, 0.1) is 5.69 Å². The third-order valence-corrected chi connectivity index (χ3v) is 3.12. The molecule has 22 heavy (non-hydrogen) atoms. The van der Waals surface area contributed by atoms with Gasteiger partial charge in [0.2, 0.25) is 5.91 Å². The van der Waals surface area contributed by atoms with E-state index in [1.165, 1.54) is 4.68 Å². The topological polar surface area (TPSA) is 117 Å². The second kappa shape index (κ2) is 6.56. The second-order valence-corrected chi connectivity index (χ2v) is 5.17. The van der Waals surface area contributed by atoms with Crippen molar-refractivity contribution in [3.05, 3.63) is 11.8 Å². The van der Waals surface area contributed by atoms with E-state index in [0.29, 0.717) is 24.5 Å². The molecule has 120 valence electrons. The highest BCUT2D eigenvalue weighted by atomic mass is 16.2. The second-order valence-electron chi connectivity index (χ2n) is 5.17. The van der Waals surface area contributed by atoms with Crippen molar-refractivity contribution in [2.24, 2.45) is 0 Å². The Bertz CT molecular complexity index is 597. The van der Waals surface area contributed by atoms with E-state index in [9.17, 15) is 14.4 Å². The molecule has 4 N–H and O–H groups in total. The number of carbonyl (C=O) groups excluding carboxylic acids is 3. The standard InChI is InChI=1S/C13H20N6O3/c1-4-14-11(21)12(22)16-9-5-8(3)18-19(9)13-15-7(2)6-10(20)17-13/h5,7,13,15H,4,6H2,1-3H3,(H,14,21)(H,16,22)(H,17,20). The maximum absolute atomic E-state index is 11.8. The van der Waals surface area contributed by atoms with Gasteiger partial charge in [0.25, 0.3) is 0 Å². The predicted octanol–water partition coefficient (Wildman–Crippen LogP) is -0.780. The number of carbonyl (C=O) groups is 3. The molecule has 1 aromatic rings. The van der Waals surface area contributed by atoms with Crippen molar-refractivity contribution < 1.29 is 14.4 Å². The summed E-state index contributed by atoms with van der Waals surface area (Å²) in [5, 5.41) is 15.1. The van der Waals surface area contributed by atoms with E-state index < -0.39 is 18.1 Å². The van der Waals surface area contributed by atoms with Crippen LogP contribution in [0.2, 0.25) is 0 Å². The van der Waals surface area contributed by atoms with Gasteiger partial charge in [-0.05, 0) is 20.8 Å². The van der Waals surface area contributed by atoms with Crippen LogP contribution in [-0.2, 0) is 14.4 Å². The van der Waals surface area contributed by atoms with Crippen LogP contribution in [0.4, 0.5) is 5.82 Å². The summed E-state index contributed by atoms with van der Waals surface area (Å²) in [4.78, 5) is 35.0. The van der Waals surface area contributed by atoms with Gasteiger partial charge < -0.3 is 16.0 Å². The molecule has 2 heterocycles. The van der Waals surface area contributed by atoms with E-state index in [4.69, 9.17) is 0 Å². The first-order valence-corrected chi connectivity index (χ1v) is 7.11. The van der Waals surface area contributed by atoms with Crippen LogP contribution in [0.1, 0.15) is 32.3 Å². The van der Waals surface area contributed by atoms with Crippen LogP contribution in [0.15, 0.2) is 6.07 Å². The summed E-state index contributed by atoms with van der Waals surface area (Å²) in [5.41, 5.74) is 0.653. The number of anilines is 1. The van der Waals surface area contributed by atoms with Crippen molar-refractivity contribution >= 4 is 23.5 Å². The number of rotatable bonds is 3. The molecule has 2 rings (SSSR count). The fourth-order valence-corrected chi connectivity index (χ4v) is 2.21. The Hall–Kier alpha value is -2.42. The fourth-order valence-electron chi connectivity index (χ4n) is 2.21. The summed E-state index contributed by atoms with van der Waals surface area (Å²) >= 11 is 0. The molecule has 1 aromatic heterocycles. The SMILES string of the molecule is CCNC(=O)C(=O)Nc1cc(C)nn1C1NC(=O)CC(C)N1. The van der Waals surface area contributed by atoms with Gasteiger partial charge in [-0.25, -0.2) is 4.68 Å². The highest BCUT2D eigenvalue weighted by Crippen LogP contribution is 2.17. The van der Waals surface area contributed by atoms with Crippen molar-refractivity contribution in [1.29, 1.82) is 0 Å². The molecule has 0 saturated carbocycles. The number of likely N-dealkylation sites (N-methyl/N-ethyl adjacent to an activating group) is 1. The summed E-state index contributed by atoms with van der Waals surface area (Å²) in [6.07, 6.45) is -0.202. The summed E-state index contributed by atoms with van der Waals surface area (Å²) in [5.74, 6) is -1.27. The van der Waals surface area contributed by atoms with E-state index in [1.807, 2.05) is 6.92 Å². The molecule has 9 nitrogen and oxygen atoms in total. The maximum atomic E-state index is 11.8. The Morgan fingerprint density at radius 3 is 2.82 bits per heavy atom. The summed E-state index contributed by atoms with van der Waals surface area (Å²) in [6, 6.07) is 1.61. The molecule has 2 atom stereocenters. The maximum Gasteiger partial charge on any atom is 0.314 e. The lowest BCUT2D eigenvalue weighted by atomic mass is 10.2. The highest BCUT2D eigenvalue weighted by Gasteiger charge is 2.27. The summed E-state index contributed by atoms with van der Waals surface area (Å²) < 4.78 is 1.44. The van der Waals surface area contributed by atoms with Crippen LogP contribution >= 0.6 is 0 Å². The number of aromatic nitrogens is 2. The van der Waals surface area contributed by atoms with Gasteiger partial charge in [-0.3, -0.25) is 19.7 Å². The molecular formula is C13H20N6O3. The summed E-state index contributed by atoms with van der Waals surface area (Å²) in [6.45, 7) is 5.73. The minimum Gasteiger partial charge on any atom is -0.348 e. The van der Waals surface area contributed by atoms with E-state index in [1.54, 1.807) is 19.9 Å². The molecule has 2 unspecified atom stereocenters. The quantitative estimate of drug-likeness (QED) is 0.547. The molecule has 3 amide bonds.